The number of hydrogen-bond donors (Lipinski definition) is 17. The van der Waals surface area contributed by atoms with E-state index in [1.165, 1.54) is 19.1 Å². The molecule has 17 N–H and O–H groups in total. The Kier molecular flexibility index (Phi) is 24.0. The summed E-state index contributed by atoms with van der Waals surface area (Å²) in [6.07, 6.45) is -35.2. The fourth-order valence-corrected chi connectivity index (χ4v) is 13.5. The molecular formula is C57H90O30. The molecule has 9 rings (SSSR count). The first-order chi connectivity index (χ1) is 41.3. The maximum atomic E-state index is 12.7. The first-order valence-electron chi connectivity index (χ1n) is 30.5. The number of allylic oxidation sites excluding steroid dienone is 2. The van der Waals surface area contributed by atoms with Crippen molar-refractivity contribution in [2.75, 3.05) is 19.8 Å². The molecule has 10 unspecified atom stereocenters. The smallest absolute Gasteiger partial charge is 0.330 e. The molecule has 30 atom stereocenters. The van der Waals surface area contributed by atoms with Crippen molar-refractivity contribution < 1.29 is 149 Å². The van der Waals surface area contributed by atoms with Crippen LogP contribution < -0.4 is 0 Å². The first-order valence-corrected chi connectivity index (χ1v) is 30.5. The van der Waals surface area contributed by atoms with Gasteiger partial charge in [-0.3, -0.25) is 0 Å². The Labute approximate surface area is 501 Å². The Bertz CT molecular complexity index is 2230. The van der Waals surface area contributed by atoms with Crippen LogP contribution in [-0.2, 0) is 61.7 Å². The van der Waals surface area contributed by atoms with Crippen LogP contribution >= 0.6 is 0 Å². The van der Waals surface area contributed by atoms with Crippen LogP contribution in [0, 0.1) is 23.7 Å². The van der Waals surface area contributed by atoms with E-state index in [0.717, 1.165) is 0 Å². The van der Waals surface area contributed by atoms with Gasteiger partial charge in [0.05, 0.1) is 67.6 Å². The van der Waals surface area contributed by atoms with Crippen molar-refractivity contribution >= 4 is 11.9 Å². The third-order valence-corrected chi connectivity index (χ3v) is 18.9. The van der Waals surface area contributed by atoms with E-state index in [0.29, 0.717) is 51.4 Å². The Morgan fingerprint density at radius 1 is 0.414 bits per heavy atom. The molecule has 30 nitrogen and oxygen atoms in total. The zero-order chi connectivity index (χ0) is 62.7. The molecule has 5 aliphatic heterocycles. The number of carbonyl (C=O) groups excluding carboxylic acids is 2. The lowest BCUT2D eigenvalue weighted by atomic mass is 9.72. The van der Waals surface area contributed by atoms with Crippen LogP contribution in [0.4, 0.5) is 0 Å². The number of aliphatic hydroxyl groups excluding tert-OH is 17. The minimum absolute atomic E-state index is 0.0297. The van der Waals surface area contributed by atoms with E-state index in [-0.39, 0.29) is 43.9 Å². The summed E-state index contributed by atoms with van der Waals surface area (Å²) in [5.41, 5.74) is 0. The fraction of sp³-hybridized carbons (Fsp3) is 0.895. The number of ether oxygens (including phenoxy) is 11. The number of fused-ring (bicyclic) bond motifs is 1. The van der Waals surface area contributed by atoms with Crippen molar-refractivity contribution in [3.63, 3.8) is 0 Å². The van der Waals surface area contributed by atoms with Gasteiger partial charge in [0.2, 0.25) is 0 Å². The standard InChI is InChI=1S/C57H90O30/c1-22-40(64)45(69)49(73)54(80-22)79-21-37-44(68)48(72)52(76)57(87-37)84-34-18-29-30(60)16-28(81-55-50(74)46(70)42(66)35(85-55)19-77-38(62)12-6-23-2-8-26(58)9-3-23)17-32(29)82-53(34)25-14-31(61)41(65)33(15-25)83-56-51(75)47(71)43(67)36(86-56)20-78-39(63)13-7-24-4-10-27(59)11-5-24/h6-7,12-13,22-37,40-61,64-76H,2-5,8-11,14-21H2,1H3/t22-,23?,24?,25?,26?,27?,28?,29?,30?,31?,32?,33?,34?,35+,36+,37+,40-,41?,42+,43+,44+,45+,46-,47-,48-,49+,50+,51+,52+,53?,54+,55+,56+,57+/m0/s1. The molecule has 0 aromatic heterocycles. The highest BCUT2D eigenvalue weighted by Gasteiger charge is 2.56. The first kappa shape index (κ1) is 68.7. The summed E-state index contributed by atoms with van der Waals surface area (Å²) in [6.45, 7) is -0.389. The van der Waals surface area contributed by atoms with Gasteiger partial charge < -0.3 is 139 Å². The van der Waals surface area contributed by atoms with E-state index in [1.807, 2.05) is 0 Å². The Morgan fingerprint density at radius 3 is 1.37 bits per heavy atom. The SMILES string of the molecule is C[C@@H]1O[C@@H](OC[C@H]2O[C@@H](OC3CC4C(O)CC(O[C@@H]5O[C@H](COC(=O)C=CC6CCC(O)CC6)[C@@H](O)[C@H](O)[C@H]5O)CC4OC3C3CC(O)C(O)C(O[C@@H]4O[C@H](COC(=O)C=CC5CCC(O)CC5)[C@@H](O)[C@H](O)[C@H]4O)C3)[C@H](O)[C@@H](O)[C@@H]2O)[C@H](O)[C@H](O)[C@H]1O. The molecule has 498 valence electrons. The molecule has 0 radical (unpaired) electrons. The van der Waals surface area contributed by atoms with Crippen LogP contribution in [0.2, 0.25) is 0 Å². The van der Waals surface area contributed by atoms with Gasteiger partial charge in [0.1, 0.15) is 111 Å². The van der Waals surface area contributed by atoms with Gasteiger partial charge in [0.25, 0.3) is 0 Å². The largest absolute Gasteiger partial charge is 0.460 e. The molecule has 4 saturated carbocycles. The zero-order valence-corrected chi connectivity index (χ0v) is 48.2. The highest BCUT2D eigenvalue weighted by molar-refractivity contribution is 5.82. The van der Waals surface area contributed by atoms with Crippen LogP contribution in [0.1, 0.15) is 90.4 Å². The van der Waals surface area contributed by atoms with Gasteiger partial charge in [-0.05, 0) is 95.3 Å². The predicted octanol–water partition coefficient (Wildman–Crippen LogP) is -6.23. The highest BCUT2D eigenvalue weighted by Crippen LogP contribution is 2.46. The number of esters is 2. The van der Waals surface area contributed by atoms with Gasteiger partial charge in [-0.2, -0.15) is 0 Å². The minimum atomic E-state index is -1.97. The molecule has 0 spiro atoms. The van der Waals surface area contributed by atoms with Crippen molar-refractivity contribution in [2.24, 2.45) is 23.7 Å². The maximum Gasteiger partial charge on any atom is 0.330 e. The summed E-state index contributed by atoms with van der Waals surface area (Å²) in [6, 6.07) is 0. The minimum Gasteiger partial charge on any atom is -0.460 e. The molecule has 30 heteroatoms. The summed E-state index contributed by atoms with van der Waals surface area (Å²) >= 11 is 0. The average Bonchev–Trinajstić information content (AvgIpc) is 1.05. The number of aliphatic hydroxyl groups is 17. The lowest BCUT2D eigenvalue weighted by molar-refractivity contribution is -0.350. The van der Waals surface area contributed by atoms with Gasteiger partial charge in [-0.15, -0.1) is 0 Å². The summed E-state index contributed by atoms with van der Waals surface area (Å²) in [7, 11) is 0. The topological polar surface area (TPSA) is 480 Å². The highest BCUT2D eigenvalue weighted by atomic mass is 16.7. The third-order valence-electron chi connectivity index (χ3n) is 18.9. The molecule has 0 amide bonds. The Hall–Kier alpha value is -2.62. The van der Waals surface area contributed by atoms with Crippen molar-refractivity contribution in [2.45, 2.75) is 274 Å². The van der Waals surface area contributed by atoms with Gasteiger partial charge in [-0.1, -0.05) is 12.2 Å². The molecule has 87 heavy (non-hydrogen) atoms. The fourth-order valence-electron chi connectivity index (χ4n) is 13.5. The van der Waals surface area contributed by atoms with Crippen molar-refractivity contribution in [3.8, 4) is 0 Å². The van der Waals surface area contributed by atoms with E-state index >= 15 is 0 Å². The molecule has 5 heterocycles. The molecule has 0 bridgehead atoms. The van der Waals surface area contributed by atoms with Crippen LogP contribution in [0.25, 0.3) is 0 Å². The number of rotatable bonds is 18. The summed E-state index contributed by atoms with van der Waals surface area (Å²) in [5.74, 6) is -3.22. The molecule has 5 saturated heterocycles. The van der Waals surface area contributed by atoms with Crippen molar-refractivity contribution in [1.29, 1.82) is 0 Å². The van der Waals surface area contributed by atoms with Crippen LogP contribution in [0.15, 0.2) is 24.3 Å². The lowest BCUT2D eigenvalue weighted by Crippen LogP contribution is -2.64. The van der Waals surface area contributed by atoms with Crippen LogP contribution in [-0.4, -0.2) is 302 Å². The van der Waals surface area contributed by atoms with E-state index in [1.54, 1.807) is 12.2 Å². The Balaban J connectivity index is 0.898. The summed E-state index contributed by atoms with van der Waals surface area (Å²) in [4.78, 5) is 25.4. The van der Waals surface area contributed by atoms with E-state index < -0.39 is 227 Å². The summed E-state index contributed by atoms with van der Waals surface area (Å²) < 4.78 is 65.2. The second-order valence-corrected chi connectivity index (χ2v) is 25.1. The normalized spacial score (nSPS) is 50.1. The van der Waals surface area contributed by atoms with Crippen LogP contribution in [0.5, 0.6) is 0 Å². The second-order valence-electron chi connectivity index (χ2n) is 25.1. The molecule has 0 aromatic carbocycles. The molecular weight excluding hydrogens is 1160 g/mol. The lowest BCUT2D eigenvalue weighted by Gasteiger charge is -2.52. The van der Waals surface area contributed by atoms with E-state index in [4.69, 9.17) is 52.1 Å². The van der Waals surface area contributed by atoms with E-state index in [9.17, 15) is 96.4 Å². The third kappa shape index (κ3) is 16.6. The summed E-state index contributed by atoms with van der Waals surface area (Å²) in [5, 5.41) is 185. The molecule has 9 aliphatic rings. The van der Waals surface area contributed by atoms with Gasteiger partial charge in [0.15, 0.2) is 25.2 Å². The number of carbonyl (C=O) groups is 2. The monoisotopic (exact) mass is 1250 g/mol. The molecule has 0 aromatic rings. The van der Waals surface area contributed by atoms with Crippen molar-refractivity contribution in [3.05, 3.63) is 24.3 Å². The van der Waals surface area contributed by atoms with Crippen molar-refractivity contribution in [1.82, 2.24) is 0 Å². The maximum absolute atomic E-state index is 12.7. The van der Waals surface area contributed by atoms with Gasteiger partial charge in [-0.25, -0.2) is 9.59 Å². The molecule has 9 fully saturated rings. The molecule has 4 aliphatic carbocycles. The predicted molar refractivity (Wildman–Crippen MR) is 286 cm³/mol. The zero-order valence-electron chi connectivity index (χ0n) is 48.2. The van der Waals surface area contributed by atoms with Crippen LogP contribution in [0.3, 0.4) is 0 Å². The van der Waals surface area contributed by atoms with Gasteiger partial charge >= 0.3 is 11.9 Å². The second kappa shape index (κ2) is 30.4. The van der Waals surface area contributed by atoms with E-state index in [2.05, 4.69) is 0 Å². The number of hydrogen-bond acceptors (Lipinski definition) is 30. The Morgan fingerprint density at radius 2 is 0.862 bits per heavy atom. The quantitative estimate of drug-likeness (QED) is 0.0448. The van der Waals surface area contributed by atoms with Gasteiger partial charge in [0, 0.05) is 30.9 Å². The average molecular weight is 1260 g/mol.